The van der Waals surface area contributed by atoms with E-state index in [0.717, 1.165) is 9.13 Å². The summed E-state index contributed by atoms with van der Waals surface area (Å²) >= 11 is 3.46. The van der Waals surface area contributed by atoms with Gasteiger partial charge in [0.15, 0.2) is 0 Å². The highest BCUT2D eigenvalue weighted by atomic mass is 127. The molecule has 0 N–H and O–H groups in total. The van der Waals surface area contributed by atoms with Crippen LogP contribution in [0.15, 0.2) is 24.3 Å². The van der Waals surface area contributed by atoms with Crippen molar-refractivity contribution in [3.05, 3.63) is 33.4 Å². The third kappa shape index (κ3) is 2.48. The summed E-state index contributed by atoms with van der Waals surface area (Å²) in [7, 11) is 0. The van der Waals surface area contributed by atoms with Gasteiger partial charge in [-0.3, -0.25) is 4.79 Å². The van der Waals surface area contributed by atoms with Crippen LogP contribution in [-0.2, 0) is 0 Å². The van der Waals surface area contributed by atoms with Gasteiger partial charge in [0.25, 0.3) is 0 Å². The highest BCUT2D eigenvalue weighted by molar-refractivity contribution is 14.1. The summed E-state index contributed by atoms with van der Waals surface area (Å²) in [5, 5.41) is 0.126. The molecule has 0 saturated heterocycles. The van der Waals surface area contributed by atoms with E-state index in [9.17, 15) is 4.79 Å². The summed E-state index contributed by atoms with van der Waals surface area (Å²) in [6.45, 7) is 0. The van der Waals surface area contributed by atoms with E-state index in [4.69, 9.17) is 0 Å². The summed E-state index contributed by atoms with van der Waals surface area (Å²) in [6, 6.07) is 7.56. The maximum Gasteiger partial charge on any atom is 0.219 e. The monoisotopic (exact) mass is 278 g/mol. The van der Waals surface area contributed by atoms with Crippen molar-refractivity contribution in [3.63, 3.8) is 0 Å². The Balaban J connectivity index is 2.90. The molecule has 0 bridgehead atoms. The molecule has 1 aromatic carbocycles. The van der Waals surface area contributed by atoms with Crippen LogP contribution in [0.2, 0.25) is 0 Å². The zero-order valence-electron chi connectivity index (χ0n) is 6.00. The van der Waals surface area contributed by atoms with Crippen molar-refractivity contribution in [2.75, 3.05) is 6.26 Å². The lowest BCUT2D eigenvalue weighted by Crippen LogP contribution is -1.90. The van der Waals surface area contributed by atoms with Crippen molar-refractivity contribution in [2.24, 2.45) is 0 Å². The van der Waals surface area contributed by atoms with Gasteiger partial charge in [-0.05, 0) is 53.1 Å². The van der Waals surface area contributed by atoms with Gasteiger partial charge in [-0.1, -0.05) is 11.8 Å². The van der Waals surface area contributed by atoms with Crippen LogP contribution < -0.4 is 0 Å². The van der Waals surface area contributed by atoms with Crippen LogP contribution in [0, 0.1) is 3.57 Å². The van der Waals surface area contributed by atoms with Crippen LogP contribution in [0.1, 0.15) is 10.4 Å². The van der Waals surface area contributed by atoms with Gasteiger partial charge in [-0.2, -0.15) is 0 Å². The van der Waals surface area contributed by atoms with Crippen LogP contribution in [0.3, 0.4) is 0 Å². The number of thioether (sulfide) groups is 1. The Morgan fingerprint density at radius 2 is 1.91 bits per heavy atom. The molecule has 0 radical (unpaired) electrons. The Kier molecular flexibility index (Phi) is 3.39. The van der Waals surface area contributed by atoms with Crippen LogP contribution in [0.4, 0.5) is 0 Å². The van der Waals surface area contributed by atoms with Crippen molar-refractivity contribution < 1.29 is 4.79 Å². The summed E-state index contributed by atoms with van der Waals surface area (Å²) < 4.78 is 1.15. The van der Waals surface area contributed by atoms with Crippen LogP contribution in [0.25, 0.3) is 0 Å². The van der Waals surface area contributed by atoms with Crippen molar-refractivity contribution in [1.82, 2.24) is 0 Å². The third-order valence-electron chi connectivity index (χ3n) is 1.27. The minimum absolute atomic E-state index is 0.126. The largest absolute Gasteiger partial charge is 0.282 e. The molecule has 0 fully saturated rings. The first-order valence-corrected chi connectivity index (χ1v) is 5.38. The highest BCUT2D eigenvalue weighted by Crippen LogP contribution is 2.11. The molecule has 1 rings (SSSR count). The van der Waals surface area contributed by atoms with Gasteiger partial charge >= 0.3 is 0 Å². The number of hydrogen-bond acceptors (Lipinski definition) is 2. The highest BCUT2D eigenvalue weighted by Gasteiger charge is 2.01. The Morgan fingerprint density at radius 1 is 1.36 bits per heavy atom. The predicted molar refractivity (Wildman–Crippen MR) is 57.0 cm³/mol. The lowest BCUT2D eigenvalue weighted by Gasteiger charge is -1.95. The van der Waals surface area contributed by atoms with Crippen molar-refractivity contribution >= 4 is 39.5 Å². The van der Waals surface area contributed by atoms with E-state index in [-0.39, 0.29) is 5.12 Å². The van der Waals surface area contributed by atoms with E-state index in [0.29, 0.717) is 0 Å². The van der Waals surface area contributed by atoms with E-state index in [2.05, 4.69) is 22.6 Å². The first-order valence-electron chi connectivity index (χ1n) is 3.08. The Bertz CT molecular complexity index is 255. The number of carbonyl (C=O) groups excluding carboxylic acids is 1. The van der Waals surface area contributed by atoms with Crippen molar-refractivity contribution in [1.29, 1.82) is 0 Å². The second kappa shape index (κ2) is 4.11. The first-order chi connectivity index (χ1) is 5.24. The topological polar surface area (TPSA) is 17.1 Å². The normalized spacial score (nSPS) is 9.64. The smallest absolute Gasteiger partial charge is 0.219 e. The molecular weight excluding hydrogens is 271 g/mol. The lowest BCUT2D eigenvalue weighted by atomic mass is 10.2. The minimum atomic E-state index is 0.126. The van der Waals surface area contributed by atoms with Gasteiger partial charge in [0, 0.05) is 9.13 Å². The zero-order chi connectivity index (χ0) is 8.27. The summed E-state index contributed by atoms with van der Waals surface area (Å²) in [6.07, 6.45) is 1.79. The van der Waals surface area contributed by atoms with Crippen LogP contribution in [-0.4, -0.2) is 11.4 Å². The van der Waals surface area contributed by atoms with E-state index in [1.54, 1.807) is 6.26 Å². The molecule has 0 amide bonds. The summed E-state index contributed by atoms with van der Waals surface area (Å²) in [4.78, 5) is 11.1. The molecule has 0 saturated carbocycles. The minimum Gasteiger partial charge on any atom is -0.282 e. The van der Waals surface area contributed by atoms with E-state index in [1.165, 1.54) is 11.8 Å². The molecule has 11 heavy (non-hydrogen) atoms. The predicted octanol–water partition coefficient (Wildman–Crippen LogP) is 2.79. The average Bonchev–Trinajstić information content (AvgIpc) is 2.05. The SMILES string of the molecule is CSC(=O)c1ccc(I)cc1. The second-order valence-electron chi connectivity index (χ2n) is 2.00. The van der Waals surface area contributed by atoms with Crippen molar-refractivity contribution in [2.45, 2.75) is 0 Å². The average molecular weight is 278 g/mol. The molecule has 0 atom stereocenters. The van der Waals surface area contributed by atoms with Gasteiger partial charge in [-0.25, -0.2) is 0 Å². The Labute approximate surface area is 83.7 Å². The third-order valence-corrected chi connectivity index (χ3v) is 2.59. The van der Waals surface area contributed by atoms with Crippen LogP contribution in [0.5, 0.6) is 0 Å². The molecule has 0 spiro atoms. The molecule has 1 nitrogen and oxygen atoms in total. The summed E-state index contributed by atoms with van der Waals surface area (Å²) in [5.41, 5.74) is 0.776. The van der Waals surface area contributed by atoms with Gasteiger partial charge in [0.05, 0.1) is 0 Å². The van der Waals surface area contributed by atoms with Crippen LogP contribution >= 0.6 is 34.4 Å². The fourth-order valence-corrected chi connectivity index (χ4v) is 1.44. The Hall–Kier alpha value is -0.0300. The number of benzene rings is 1. The molecule has 58 valence electrons. The maximum atomic E-state index is 11.1. The Morgan fingerprint density at radius 3 is 2.36 bits per heavy atom. The maximum absolute atomic E-state index is 11.1. The van der Waals surface area contributed by atoms with E-state index < -0.39 is 0 Å². The molecule has 1 aromatic rings. The molecule has 0 unspecified atom stereocenters. The molecule has 0 heterocycles. The molecular formula is C8H7IOS. The molecule has 0 aliphatic carbocycles. The number of rotatable bonds is 1. The second-order valence-corrected chi connectivity index (χ2v) is 4.02. The lowest BCUT2D eigenvalue weighted by molar-refractivity contribution is 0.108. The number of hydrogen-bond donors (Lipinski definition) is 0. The van der Waals surface area contributed by atoms with Crippen molar-refractivity contribution in [3.8, 4) is 0 Å². The standard InChI is InChI=1S/C8H7IOS/c1-11-8(10)6-2-4-7(9)5-3-6/h2-5H,1H3. The quantitative estimate of drug-likeness (QED) is 0.735. The van der Waals surface area contributed by atoms with E-state index in [1.807, 2.05) is 24.3 Å². The van der Waals surface area contributed by atoms with Gasteiger partial charge < -0.3 is 0 Å². The van der Waals surface area contributed by atoms with Gasteiger partial charge in [-0.15, -0.1) is 0 Å². The number of carbonyl (C=O) groups is 1. The molecule has 0 aliphatic heterocycles. The summed E-state index contributed by atoms with van der Waals surface area (Å²) in [5.74, 6) is 0. The number of halogens is 1. The van der Waals surface area contributed by atoms with Gasteiger partial charge in [0.1, 0.15) is 0 Å². The molecule has 0 aliphatic rings. The fraction of sp³-hybridized carbons (Fsp3) is 0.125. The fourth-order valence-electron chi connectivity index (χ4n) is 0.704. The van der Waals surface area contributed by atoms with E-state index >= 15 is 0 Å². The molecule has 0 aromatic heterocycles. The first kappa shape index (κ1) is 9.06. The molecule has 3 heteroatoms. The van der Waals surface area contributed by atoms with Gasteiger partial charge in [0.2, 0.25) is 5.12 Å². The zero-order valence-corrected chi connectivity index (χ0v) is 8.98.